The minimum atomic E-state index is -0.338. The van der Waals surface area contributed by atoms with E-state index in [0.717, 1.165) is 18.5 Å². The smallest absolute Gasteiger partial charge is 0.0802 e. The Morgan fingerprint density at radius 3 is 2.23 bits per heavy atom. The first kappa shape index (κ1) is 19.2. The van der Waals surface area contributed by atoms with Crippen LogP contribution in [0.4, 0.5) is 0 Å². The summed E-state index contributed by atoms with van der Waals surface area (Å²) in [6.45, 7) is 12.1. The number of hydrogen-bond donors (Lipinski definition) is 1. The van der Waals surface area contributed by atoms with Gasteiger partial charge in [-0.2, -0.15) is 0 Å². The summed E-state index contributed by atoms with van der Waals surface area (Å²) < 4.78 is 0. The molecule has 0 aliphatic carbocycles. The zero-order valence-electron chi connectivity index (χ0n) is 15.1. The van der Waals surface area contributed by atoms with Crippen LogP contribution in [0.2, 0.25) is 0 Å². The van der Waals surface area contributed by atoms with Crippen LogP contribution >= 0.6 is 0 Å². The minimum absolute atomic E-state index is 0.338. The molecule has 1 atom stereocenters. The van der Waals surface area contributed by atoms with Gasteiger partial charge in [0.15, 0.2) is 0 Å². The maximum atomic E-state index is 10.5. The number of aliphatic hydroxyl groups excluding tert-OH is 1. The fraction of sp³-hybridized carbons (Fsp3) is 0.700. The van der Waals surface area contributed by atoms with Crippen LogP contribution in [0.15, 0.2) is 18.2 Å². The van der Waals surface area contributed by atoms with Crippen LogP contribution < -0.4 is 0 Å². The summed E-state index contributed by atoms with van der Waals surface area (Å²) >= 11 is 0. The van der Waals surface area contributed by atoms with Gasteiger partial charge in [0, 0.05) is 6.54 Å². The number of hydrogen-bond acceptors (Lipinski definition) is 2. The Morgan fingerprint density at radius 2 is 1.59 bits per heavy atom. The molecule has 0 spiro atoms. The average molecular weight is 306 g/mol. The molecule has 1 rings (SSSR count). The molecule has 0 aliphatic heterocycles. The molecule has 0 bridgehead atoms. The van der Waals surface area contributed by atoms with Gasteiger partial charge in [-0.3, -0.25) is 0 Å². The molecule has 0 fully saturated rings. The quantitative estimate of drug-likeness (QED) is 0.580. The van der Waals surface area contributed by atoms with Crippen molar-refractivity contribution in [1.29, 1.82) is 0 Å². The van der Waals surface area contributed by atoms with Gasteiger partial charge in [-0.15, -0.1) is 0 Å². The van der Waals surface area contributed by atoms with Crippen molar-refractivity contribution in [1.82, 2.24) is 4.90 Å². The van der Waals surface area contributed by atoms with Crippen LogP contribution in [0.3, 0.4) is 0 Å². The molecule has 2 nitrogen and oxygen atoms in total. The van der Waals surface area contributed by atoms with E-state index in [2.05, 4.69) is 50.8 Å². The second-order valence-corrected chi connectivity index (χ2v) is 6.55. The topological polar surface area (TPSA) is 23.5 Å². The Balaban J connectivity index is 2.48. The first-order valence-electron chi connectivity index (χ1n) is 9.06. The van der Waals surface area contributed by atoms with Crippen molar-refractivity contribution >= 4 is 0 Å². The Morgan fingerprint density at radius 1 is 0.909 bits per heavy atom. The molecule has 0 aliphatic rings. The molecular weight excluding hydrogens is 270 g/mol. The Labute approximate surface area is 137 Å². The van der Waals surface area contributed by atoms with Crippen LogP contribution in [0.5, 0.6) is 0 Å². The van der Waals surface area contributed by atoms with Gasteiger partial charge in [0.1, 0.15) is 0 Å². The van der Waals surface area contributed by atoms with Gasteiger partial charge in [0.2, 0.25) is 0 Å². The van der Waals surface area contributed by atoms with E-state index >= 15 is 0 Å². The van der Waals surface area contributed by atoms with Gasteiger partial charge in [0.05, 0.1) is 6.10 Å². The van der Waals surface area contributed by atoms with Crippen molar-refractivity contribution in [2.45, 2.75) is 72.3 Å². The van der Waals surface area contributed by atoms with E-state index < -0.39 is 0 Å². The molecule has 0 heterocycles. The van der Waals surface area contributed by atoms with Gasteiger partial charge in [0.25, 0.3) is 0 Å². The van der Waals surface area contributed by atoms with Crippen molar-refractivity contribution in [3.8, 4) is 0 Å². The zero-order chi connectivity index (χ0) is 16.4. The third-order valence-corrected chi connectivity index (χ3v) is 4.54. The highest BCUT2D eigenvalue weighted by molar-refractivity contribution is 5.31. The molecule has 126 valence electrons. The normalized spacial score (nSPS) is 12.8. The lowest BCUT2D eigenvalue weighted by Crippen LogP contribution is -2.28. The van der Waals surface area contributed by atoms with Crippen LogP contribution in [0.1, 0.15) is 75.2 Å². The maximum Gasteiger partial charge on any atom is 0.0802 e. The Kier molecular flexibility index (Phi) is 9.42. The molecular formula is C20H35NO. The van der Waals surface area contributed by atoms with Crippen molar-refractivity contribution in [2.24, 2.45) is 0 Å². The van der Waals surface area contributed by atoms with Crippen LogP contribution in [-0.2, 0) is 0 Å². The third-order valence-electron chi connectivity index (χ3n) is 4.54. The van der Waals surface area contributed by atoms with E-state index in [1.165, 1.54) is 56.3 Å². The number of benzene rings is 1. The highest BCUT2D eigenvalue weighted by atomic mass is 16.3. The zero-order valence-corrected chi connectivity index (χ0v) is 15.1. The number of aliphatic hydroxyl groups is 1. The highest BCUT2D eigenvalue weighted by Gasteiger charge is 2.11. The predicted molar refractivity (Wildman–Crippen MR) is 96.4 cm³/mol. The van der Waals surface area contributed by atoms with Crippen molar-refractivity contribution in [2.75, 3.05) is 19.6 Å². The molecule has 0 radical (unpaired) electrons. The summed E-state index contributed by atoms with van der Waals surface area (Å²) in [6.07, 6.45) is 6.85. The lowest BCUT2D eigenvalue weighted by Gasteiger charge is -2.23. The largest absolute Gasteiger partial charge is 0.388 e. The summed E-state index contributed by atoms with van der Waals surface area (Å²) in [6, 6.07) is 6.32. The first-order valence-corrected chi connectivity index (χ1v) is 9.06. The predicted octanol–water partition coefficient (Wildman–Crippen LogP) is 5.02. The summed E-state index contributed by atoms with van der Waals surface area (Å²) in [5, 5.41) is 10.5. The average Bonchev–Trinajstić information content (AvgIpc) is 2.52. The summed E-state index contributed by atoms with van der Waals surface area (Å²) in [4.78, 5) is 2.53. The minimum Gasteiger partial charge on any atom is -0.388 e. The van der Waals surface area contributed by atoms with E-state index in [9.17, 15) is 5.11 Å². The van der Waals surface area contributed by atoms with Gasteiger partial charge in [-0.05, 0) is 62.9 Å². The van der Waals surface area contributed by atoms with Crippen LogP contribution in [0, 0.1) is 13.8 Å². The molecule has 2 heteroatoms. The fourth-order valence-corrected chi connectivity index (χ4v) is 2.75. The van der Waals surface area contributed by atoms with Crippen molar-refractivity contribution in [3.63, 3.8) is 0 Å². The lowest BCUT2D eigenvalue weighted by molar-refractivity contribution is 0.140. The number of aryl methyl sites for hydroxylation is 2. The van der Waals surface area contributed by atoms with E-state index in [1.807, 2.05) is 0 Å². The van der Waals surface area contributed by atoms with Gasteiger partial charge < -0.3 is 10.0 Å². The second-order valence-electron chi connectivity index (χ2n) is 6.55. The summed E-state index contributed by atoms with van der Waals surface area (Å²) in [5.41, 5.74) is 3.62. The van der Waals surface area contributed by atoms with E-state index in [1.54, 1.807) is 0 Å². The standard InChI is InChI=1S/C20H35NO/c1-5-7-9-14-21(13-8-6-2)15-12-20(22)19-11-10-17(3)18(4)16-19/h10-11,16,20,22H,5-9,12-15H2,1-4H3. The molecule has 0 aromatic heterocycles. The van der Waals surface area contributed by atoms with Crippen molar-refractivity contribution in [3.05, 3.63) is 34.9 Å². The number of rotatable bonds is 11. The van der Waals surface area contributed by atoms with E-state index in [-0.39, 0.29) is 6.10 Å². The Hall–Kier alpha value is -0.860. The third kappa shape index (κ3) is 6.93. The second kappa shape index (κ2) is 10.8. The van der Waals surface area contributed by atoms with E-state index in [4.69, 9.17) is 0 Å². The fourth-order valence-electron chi connectivity index (χ4n) is 2.75. The molecule has 1 unspecified atom stereocenters. The summed E-state index contributed by atoms with van der Waals surface area (Å²) in [7, 11) is 0. The van der Waals surface area contributed by atoms with Crippen LogP contribution in [-0.4, -0.2) is 29.6 Å². The van der Waals surface area contributed by atoms with Crippen molar-refractivity contribution < 1.29 is 5.11 Å². The van der Waals surface area contributed by atoms with Gasteiger partial charge in [-0.25, -0.2) is 0 Å². The van der Waals surface area contributed by atoms with Crippen LogP contribution in [0.25, 0.3) is 0 Å². The monoisotopic (exact) mass is 305 g/mol. The van der Waals surface area contributed by atoms with Gasteiger partial charge >= 0.3 is 0 Å². The molecule has 1 N–H and O–H groups in total. The molecule has 22 heavy (non-hydrogen) atoms. The molecule has 0 saturated heterocycles. The molecule has 1 aromatic rings. The molecule has 1 aromatic carbocycles. The maximum absolute atomic E-state index is 10.5. The number of nitrogens with zero attached hydrogens (tertiary/aromatic N) is 1. The SMILES string of the molecule is CCCCCN(CCCC)CCC(O)c1ccc(C)c(C)c1. The highest BCUT2D eigenvalue weighted by Crippen LogP contribution is 2.20. The molecule has 0 saturated carbocycles. The first-order chi connectivity index (χ1) is 10.6. The summed E-state index contributed by atoms with van der Waals surface area (Å²) in [5.74, 6) is 0. The van der Waals surface area contributed by atoms with Gasteiger partial charge in [-0.1, -0.05) is 51.3 Å². The number of unbranched alkanes of at least 4 members (excludes halogenated alkanes) is 3. The lowest BCUT2D eigenvalue weighted by atomic mass is 10.0. The molecule has 0 amide bonds. The van der Waals surface area contributed by atoms with E-state index in [0.29, 0.717) is 0 Å². The Bertz CT molecular complexity index is 416.